The Labute approximate surface area is 125 Å². The van der Waals surface area contributed by atoms with Crippen molar-refractivity contribution in [1.29, 1.82) is 0 Å². The lowest BCUT2D eigenvalue weighted by Gasteiger charge is -2.20. The van der Waals surface area contributed by atoms with Gasteiger partial charge in [-0.15, -0.1) is 0 Å². The monoisotopic (exact) mass is 294 g/mol. The highest BCUT2D eigenvalue weighted by atomic mass is 16.7. The first kappa shape index (κ1) is 15.6. The predicted octanol–water partition coefficient (Wildman–Crippen LogP) is 2.52. The molecule has 0 spiro atoms. The molecule has 5 heteroatoms. The molecule has 0 bridgehead atoms. The number of carbonyl (C=O) groups is 1. The lowest BCUT2D eigenvalue weighted by Crippen LogP contribution is -2.37. The van der Waals surface area contributed by atoms with Crippen molar-refractivity contribution in [3.05, 3.63) is 23.8 Å². The zero-order valence-corrected chi connectivity index (χ0v) is 13.4. The summed E-state index contributed by atoms with van der Waals surface area (Å²) in [5, 5.41) is 0. The van der Waals surface area contributed by atoms with Gasteiger partial charge in [0.05, 0.1) is 21.3 Å². The van der Waals surface area contributed by atoms with Crippen molar-refractivity contribution in [3.8, 4) is 11.5 Å². The first-order valence-electron chi connectivity index (χ1n) is 6.88. The fourth-order valence-corrected chi connectivity index (χ4v) is 3.04. The van der Waals surface area contributed by atoms with Gasteiger partial charge in [0, 0.05) is 11.6 Å². The van der Waals surface area contributed by atoms with Gasteiger partial charge >= 0.3 is 5.97 Å². The molecule has 0 saturated carbocycles. The Morgan fingerprint density at radius 1 is 1.19 bits per heavy atom. The first-order chi connectivity index (χ1) is 9.87. The maximum absolute atomic E-state index is 12.2. The topological polar surface area (TPSA) is 57.3 Å². The Morgan fingerprint density at radius 2 is 1.86 bits per heavy atom. The molecule has 1 aromatic carbocycles. The number of ether oxygens (including phenoxy) is 4. The van der Waals surface area contributed by atoms with Gasteiger partial charge in [-0.1, -0.05) is 13.8 Å². The van der Waals surface area contributed by atoms with Gasteiger partial charge in [-0.2, -0.15) is 0 Å². The van der Waals surface area contributed by atoms with Crippen molar-refractivity contribution < 1.29 is 23.7 Å². The smallest absolute Gasteiger partial charge is 0.341 e. The van der Waals surface area contributed by atoms with E-state index in [0.29, 0.717) is 11.5 Å². The molecule has 116 valence electrons. The van der Waals surface area contributed by atoms with Crippen LogP contribution in [0.15, 0.2) is 18.2 Å². The second-order valence-electron chi connectivity index (χ2n) is 5.58. The fourth-order valence-electron chi connectivity index (χ4n) is 3.04. The van der Waals surface area contributed by atoms with E-state index in [9.17, 15) is 4.79 Å². The highest BCUT2D eigenvalue weighted by Crippen LogP contribution is 2.61. The molecule has 1 heterocycles. The summed E-state index contributed by atoms with van der Waals surface area (Å²) in [4.78, 5) is 12.2. The molecule has 1 aromatic rings. The number of methoxy groups -OCH3 is 3. The third-order valence-corrected chi connectivity index (χ3v) is 4.26. The van der Waals surface area contributed by atoms with Gasteiger partial charge in [-0.25, -0.2) is 4.79 Å². The standard InChI is InChI=1S/C16H22O5/c1-10(2)16(14(17)20-6)15(3,21-16)12-8-7-11(18-4)9-13(12)19-5/h7-10H,1-6H3. The Kier molecular flexibility index (Phi) is 3.89. The summed E-state index contributed by atoms with van der Waals surface area (Å²) in [5.74, 6) is 0.927. The van der Waals surface area contributed by atoms with Gasteiger partial charge in [0.2, 0.25) is 5.60 Å². The largest absolute Gasteiger partial charge is 0.497 e. The molecular formula is C16H22O5. The van der Waals surface area contributed by atoms with Gasteiger partial charge in [0.25, 0.3) is 0 Å². The van der Waals surface area contributed by atoms with Crippen molar-refractivity contribution in [2.75, 3.05) is 21.3 Å². The van der Waals surface area contributed by atoms with Crippen LogP contribution in [0.5, 0.6) is 11.5 Å². The van der Waals surface area contributed by atoms with Crippen LogP contribution in [0.3, 0.4) is 0 Å². The van der Waals surface area contributed by atoms with E-state index < -0.39 is 11.2 Å². The van der Waals surface area contributed by atoms with Crippen LogP contribution >= 0.6 is 0 Å². The van der Waals surface area contributed by atoms with Crippen LogP contribution in [0.2, 0.25) is 0 Å². The molecule has 1 aliphatic heterocycles. The van der Waals surface area contributed by atoms with E-state index in [2.05, 4.69) is 0 Å². The van der Waals surface area contributed by atoms with Gasteiger partial charge in [0.1, 0.15) is 17.1 Å². The number of rotatable bonds is 5. The number of epoxide rings is 1. The van der Waals surface area contributed by atoms with E-state index in [4.69, 9.17) is 18.9 Å². The van der Waals surface area contributed by atoms with E-state index in [0.717, 1.165) is 5.56 Å². The molecule has 1 aliphatic rings. The predicted molar refractivity (Wildman–Crippen MR) is 77.6 cm³/mol. The maximum Gasteiger partial charge on any atom is 0.341 e. The zero-order valence-electron chi connectivity index (χ0n) is 13.4. The van der Waals surface area contributed by atoms with Crippen molar-refractivity contribution >= 4 is 5.97 Å². The average Bonchev–Trinajstić information content (AvgIpc) is 3.14. The van der Waals surface area contributed by atoms with Crippen molar-refractivity contribution in [2.24, 2.45) is 5.92 Å². The fraction of sp³-hybridized carbons (Fsp3) is 0.562. The van der Waals surface area contributed by atoms with Crippen LogP contribution in [0.1, 0.15) is 26.3 Å². The van der Waals surface area contributed by atoms with Gasteiger partial charge in [0.15, 0.2) is 0 Å². The molecule has 2 rings (SSSR count). The number of hydrogen-bond donors (Lipinski definition) is 0. The minimum atomic E-state index is -0.983. The Bertz CT molecular complexity index is 554. The molecule has 0 radical (unpaired) electrons. The molecular weight excluding hydrogens is 272 g/mol. The van der Waals surface area contributed by atoms with Crippen LogP contribution in [-0.2, 0) is 19.9 Å². The lowest BCUT2D eigenvalue weighted by molar-refractivity contribution is -0.148. The van der Waals surface area contributed by atoms with Crippen LogP contribution in [-0.4, -0.2) is 32.9 Å². The minimum Gasteiger partial charge on any atom is -0.497 e. The molecule has 5 nitrogen and oxygen atoms in total. The first-order valence-corrected chi connectivity index (χ1v) is 6.88. The van der Waals surface area contributed by atoms with Gasteiger partial charge in [-0.3, -0.25) is 0 Å². The summed E-state index contributed by atoms with van der Waals surface area (Å²) >= 11 is 0. The van der Waals surface area contributed by atoms with Gasteiger partial charge < -0.3 is 18.9 Å². The van der Waals surface area contributed by atoms with Crippen LogP contribution < -0.4 is 9.47 Å². The molecule has 0 aromatic heterocycles. The summed E-state index contributed by atoms with van der Waals surface area (Å²) in [7, 11) is 4.55. The normalized spacial score (nSPS) is 27.4. The summed E-state index contributed by atoms with van der Waals surface area (Å²) in [6.07, 6.45) is 0. The SMILES string of the molecule is COC(=O)C1(C(C)C)OC1(C)c1ccc(OC)cc1OC. The summed E-state index contributed by atoms with van der Waals surface area (Å²) in [5.41, 5.74) is -0.944. The van der Waals surface area contributed by atoms with E-state index in [1.165, 1.54) is 7.11 Å². The molecule has 0 aliphatic carbocycles. The third kappa shape index (κ3) is 2.07. The summed E-state index contributed by atoms with van der Waals surface area (Å²) < 4.78 is 21.5. The Hall–Kier alpha value is -1.75. The molecule has 2 unspecified atom stereocenters. The number of carbonyl (C=O) groups excluding carboxylic acids is 1. The molecule has 1 fully saturated rings. The molecule has 1 saturated heterocycles. The third-order valence-electron chi connectivity index (χ3n) is 4.26. The van der Waals surface area contributed by atoms with Crippen molar-refractivity contribution in [2.45, 2.75) is 32.0 Å². The second-order valence-corrected chi connectivity index (χ2v) is 5.58. The number of hydrogen-bond acceptors (Lipinski definition) is 5. The maximum atomic E-state index is 12.2. The quantitative estimate of drug-likeness (QED) is 0.617. The molecule has 2 atom stereocenters. The van der Waals surface area contributed by atoms with Crippen molar-refractivity contribution in [3.63, 3.8) is 0 Å². The average molecular weight is 294 g/mol. The molecule has 21 heavy (non-hydrogen) atoms. The van der Waals surface area contributed by atoms with E-state index in [1.807, 2.05) is 32.9 Å². The Balaban J connectivity index is 2.49. The van der Waals surface area contributed by atoms with Crippen LogP contribution in [0, 0.1) is 5.92 Å². The van der Waals surface area contributed by atoms with Crippen molar-refractivity contribution in [1.82, 2.24) is 0 Å². The van der Waals surface area contributed by atoms with E-state index in [1.54, 1.807) is 20.3 Å². The lowest BCUT2D eigenvalue weighted by atomic mass is 9.80. The minimum absolute atomic E-state index is 0.0262. The second kappa shape index (κ2) is 5.22. The van der Waals surface area contributed by atoms with E-state index >= 15 is 0 Å². The van der Waals surface area contributed by atoms with Crippen LogP contribution in [0.4, 0.5) is 0 Å². The number of benzene rings is 1. The highest BCUT2D eigenvalue weighted by molar-refractivity contribution is 5.86. The molecule has 0 N–H and O–H groups in total. The number of esters is 1. The van der Waals surface area contributed by atoms with E-state index in [-0.39, 0.29) is 11.9 Å². The Morgan fingerprint density at radius 3 is 2.33 bits per heavy atom. The zero-order chi connectivity index (χ0) is 15.8. The molecule has 0 amide bonds. The summed E-state index contributed by atoms with van der Waals surface area (Å²) in [6, 6.07) is 5.47. The van der Waals surface area contributed by atoms with Crippen LogP contribution in [0.25, 0.3) is 0 Å². The summed E-state index contributed by atoms with van der Waals surface area (Å²) in [6.45, 7) is 5.77. The highest BCUT2D eigenvalue weighted by Gasteiger charge is 2.75. The van der Waals surface area contributed by atoms with Gasteiger partial charge in [-0.05, 0) is 25.0 Å².